The zero-order valence-corrected chi connectivity index (χ0v) is 27.3. The molecule has 0 radical (unpaired) electrons. The average molecular weight is 615 g/mol. The molecule has 2 amide bonds. The van der Waals surface area contributed by atoms with Crippen molar-refractivity contribution in [1.29, 1.82) is 0 Å². The molecular weight excluding hydrogens is 568 g/mol. The largest absolute Gasteiger partial charge is 0.493 e. The third-order valence-electron chi connectivity index (χ3n) is 7.43. The Hall–Kier alpha value is -4.67. The summed E-state index contributed by atoms with van der Waals surface area (Å²) in [7, 11) is 7.17. The fourth-order valence-electron chi connectivity index (χ4n) is 5.01. The summed E-state index contributed by atoms with van der Waals surface area (Å²) in [4.78, 5) is 32.2. The molecule has 0 saturated heterocycles. The molecule has 0 aromatic heterocycles. The summed E-state index contributed by atoms with van der Waals surface area (Å²) >= 11 is 0. The number of methoxy groups -OCH3 is 1. The summed E-state index contributed by atoms with van der Waals surface area (Å²) in [5.41, 5.74) is 16.0. The van der Waals surface area contributed by atoms with Crippen molar-refractivity contribution in [3.05, 3.63) is 101 Å². The predicted octanol–water partition coefficient (Wildman–Crippen LogP) is 4.80. The number of nitrogens with two attached hydrogens (primary N) is 2. The number of benzene rings is 3. The molecular formula is C35H46N6O4. The number of likely N-dealkylation sites (N-methyl/N-ethyl adjacent to an activating group) is 1. The summed E-state index contributed by atoms with van der Waals surface area (Å²) in [6.07, 6.45) is -0.0745. The van der Waals surface area contributed by atoms with Gasteiger partial charge < -0.3 is 36.5 Å². The molecule has 6 N–H and O–H groups in total. The first-order chi connectivity index (χ1) is 21.4. The van der Waals surface area contributed by atoms with Crippen LogP contribution >= 0.6 is 0 Å². The van der Waals surface area contributed by atoms with Gasteiger partial charge in [0.2, 0.25) is 11.8 Å². The topological polar surface area (TPSA) is 144 Å². The van der Waals surface area contributed by atoms with Crippen molar-refractivity contribution in [1.82, 2.24) is 10.2 Å². The highest BCUT2D eigenvalue weighted by Crippen LogP contribution is 2.33. The maximum absolute atomic E-state index is 13.6. The van der Waals surface area contributed by atoms with Crippen molar-refractivity contribution in [2.45, 2.75) is 44.9 Å². The summed E-state index contributed by atoms with van der Waals surface area (Å²) < 4.78 is 11.9. The van der Waals surface area contributed by atoms with Crippen molar-refractivity contribution >= 4 is 23.3 Å². The first-order valence-electron chi connectivity index (χ1n) is 14.8. The number of rotatable bonds is 14. The lowest BCUT2D eigenvalue weighted by molar-refractivity contribution is -0.120. The number of amidine groups is 1. The molecule has 0 fully saturated rings. The summed E-state index contributed by atoms with van der Waals surface area (Å²) in [6.45, 7) is 10.3. The molecule has 240 valence electrons. The summed E-state index contributed by atoms with van der Waals surface area (Å²) in [5, 5.41) is 6.49. The Morgan fingerprint density at radius 1 is 1.00 bits per heavy atom. The summed E-state index contributed by atoms with van der Waals surface area (Å²) in [5.74, 6) is -0.122. The van der Waals surface area contributed by atoms with Crippen LogP contribution in [0.15, 0.2) is 83.9 Å². The van der Waals surface area contributed by atoms with Gasteiger partial charge in [-0.3, -0.25) is 14.6 Å². The van der Waals surface area contributed by atoms with E-state index < -0.39 is 17.9 Å². The lowest BCUT2D eigenvalue weighted by Crippen LogP contribution is -2.40. The lowest BCUT2D eigenvalue weighted by Gasteiger charge is -2.26. The first-order valence-corrected chi connectivity index (χ1v) is 14.8. The van der Waals surface area contributed by atoms with Gasteiger partial charge in [0.25, 0.3) is 0 Å². The van der Waals surface area contributed by atoms with Crippen LogP contribution in [0.2, 0.25) is 0 Å². The normalized spacial score (nSPS) is 14.2. The predicted molar refractivity (Wildman–Crippen MR) is 181 cm³/mol. The van der Waals surface area contributed by atoms with E-state index in [1.54, 1.807) is 45.3 Å². The number of ether oxygens (including phenoxy) is 2. The molecule has 0 aliphatic carbocycles. The maximum atomic E-state index is 13.6. The van der Waals surface area contributed by atoms with E-state index >= 15 is 0 Å². The van der Waals surface area contributed by atoms with E-state index in [1.165, 1.54) is 0 Å². The second-order valence-electron chi connectivity index (χ2n) is 11.4. The fourth-order valence-corrected chi connectivity index (χ4v) is 5.01. The second kappa shape index (κ2) is 15.9. The number of carbonyl (C=O) groups is 2. The van der Waals surface area contributed by atoms with Crippen LogP contribution in [0.3, 0.4) is 0 Å². The maximum Gasteiger partial charge on any atom is 0.249 e. The minimum Gasteiger partial charge on any atom is -0.493 e. The monoisotopic (exact) mass is 614 g/mol. The molecule has 0 aliphatic heterocycles. The number of hydrogen-bond donors (Lipinski definition) is 4. The Kier molecular flexibility index (Phi) is 12.3. The number of amides is 2. The van der Waals surface area contributed by atoms with E-state index in [4.69, 9.17) is 20.9 Å². The van der Waals surface area contributed by atoms with Gasteiger partial charge in [-0.1, -0.05) is 48.6 Å². The minimum absolute atomic E-state index is 0.0745. The molecule has 3 aromatic rings. The van der Waals surface area contributed by atoms with Crippen molar-refractivity contribution in [3.63, 3.8) is 0 Å². The van der Waals surface area contributed by atoms with Crippen LogP contribution in [0.5, 0.6) is 11.5 Å². The highest BCUT2D eigenvalue weighted by atomic mass is 16.5. The SMILES string of the molecule is C=C(C)C(N)c1ccc(NC(C(=NC)NC(=O)C(C)c2ccccc2C(N)=O)c2ccc(OC(C)CN(C)C)c(OC)c2)cc1. The van der Waals surface area contributed by atoms with Gasteiger partial charge in [-0.2, -0.15) is 0 Å². The molecule has 0 heterocycles. The molecule has 3 rings (SSSR count). The van der Waals surface area contributed by atoms with Gasteiger partial charge in [-0.25, -0.2) is 0 Å². The second-order valence-corrected chi connectivity index (χ2v) is 11.4. The molecule has 0 spiro atoms. The van der Waals surface area contributed by atoms with E-state index in [2.05, 4.69) is 27.1 Å². The molecule has 0 bridgehead atoms. The number of primary amides is 1. The number of hydrogen-bond acceptors (Lipinski definition) is 8. The Balaban J connectivity index is 2.00. The summed E-state index contributed by atoms with van der Waals surface area (Å²) in [6, 6.07) is 19.3. The molecule has 4 unspecified atom stereocenters. The van der Waals surface area contributed by atoms with Crippen molar-refractivity contribution in [2.24, 2.45) is 16.5 Å². The van der Waals surface area contributed by atoms with Gasteiger partial charge in [0, 0.05) is 24.8 Å². The van der Waals surface area contributed by atoms with Gasteiger partial charge in [-0.15, -0.1) is 0 Å². The molecule has 3 aromatic carbocycles. The Morgan fingerprint density at radius 3 is 2.22 bits per heavy atom. The number of aliphatic imine (C=N–C) groups is 1. The molecule has 0 saturated carbocycles. The first kappa shape index (κ1) is 34.8. The van der Waals surface area contributed by atoms with Gasteiger partial charge in [-0.05, 0) is 81.9 Å². The molecule has 0 aliphatic rings. The van der Waals surface area contributed by atoms with E-state index in [0.29, 0.717) is 28.5 Å². The quantitative estimate of drug-likeness (QED) is 0.116. The van der Waals surface area contributed by atoms with Crippen LogP contribution in [0.25, 0.3) is 0 Å². The van der Waals surface area contributed by atoms with Gasteiger partial charge >= 0.3 is 0 Å². The van der Waals surface area contributed by atoms with E-state index in [-0.39, 0.29) is 18.1 Å². The third-order valence-corrected chi connectivity index (χ3v) is 7.43. The Bertz CT molecular complexity index is 1520. The van der Waals surface area contributed by atoms with E-state index in [9.17, 15) is 9.59 Å². The zero-order valence-electron chi connectivity index (χ0n) is 27.3. The van der Waals surface area contributed by atoms with E-state index in [0.717, 1.165) is 28.9 Å². The van der Waals surface area contributed by atoms with Crippen molar-refractivity contribution < 1.29 is 19.1 Å². The van der Waals surface area contributed by atoms with Crippen molar-refractivity contribution in [3.8, 4) is 11.5 Å². The van der Waals surface area contributed by atoms with Gasteiger partial charge in [0.15, 0.2) is 11.5 Å². The minimum atomic E-state index is -0.683. The van der Waals surface area contributed by atoms with Crippen LogP contribution in [0, 0.1) is 0 Å². The number of nitrogens with zero attached hydrogens (tertiary/aromatic N) is 2. The Morgan fingerprint density at radius 2 is 1.64 bits per heavy atom. The smallest absolute Gasteiger partial charge is 0.249 e. The van der Waals surface area contributed by atoms with Crippen LogP contribution in [0.1, 0.15) is 65.8 Å². The van der Waals surface area contributed by atoms with Crippen LogP contribution in [-0.4, -0.2) is 63.5 Å². The number of carbonyl (C=O) groups excluding carboxylic acids is 2. The number of nitrogens with one attached hydrogen (secondary N) is 2. The van der Waals surface area contributed by atoms with Crippen LogP contribution in [-0.2, 0) is 4.79 Å². The highest BCUT2D eigenvalue weighted by Gasteiger charge is 2.26. The molecule has 10 heteroatoms. The zero-order chi connectivity index (χ0) is 33.3. The van der Waals surface area contributed by atoms with Gasteiger partial charge in [0.05, 0.1) is 19.1 Å². The van der Waals surface area contributed by atoms with Gasteiger partial charge in [0.1, 0.15) is 18.0 Å². The third kappa shape index (κ3) is 9.17. The molecule has 45 heavy (non-hydrogen) atoms. The Labute approximate surface area is 266 Å². The molecule has 10 nitrogen and oxygen atoms in total. The highest BCUT2D eigenvalue weighted by molar-refractivity contribution is 6.05. The standard InChI is InChI=1S/C35H46N6O4/c1-21(2)31(36)24-13-16-26(17-14-24)39-32(25-15-18-29(30(19-25)44-8)45-22(3)20-41(6)7)34(38-5)40-35(43)23(4)27-11-9-10-12-28(27)33(37)42/h9-19,22-23,31-32,39H,1,20,36H2,2-8H3,(H2,37,42)(H,38,40,43). The van der Waals surface area contributed by atoms with Crippen LogP contribution < -0.4 is 31.6 Å². The van der Waals surface area contributed by atoms with Crippen LogP contribution in [0.4, 0.5) is 5.69 Å². The average Bonchev–Trinajstić information content (AvgIpc) is 3.01. The van der Waals surface area contributed by atoms with Crippen molar-refractivity contribution in [2.75, 3.05) is 40.1 Å². The fraction of sp³-hybridized carbons (Fsp3) is 0.343. The molecule has 4 atom stereocenters. The lowest BCUT2D eigenvalue weighted by atomic mass is 9.94. The number of anilines is 1. The van der Waals surface area contributed by atoms with E-state index in [1.807, 2.05) is 70.4 Å².